The Labute approximate surface area is 117 Å². The topological polar surface area (TPSA) is 16.1 Å². The van der Waals surface area contributed by atoms with Crippen molar-refractivity contribution in [1.82, 2.24) is 4.98 Å². The van der Waals surface area contributed by atoms with E-state index in [9.17, 15) is 0 Å². The van der Waals surface area contributed by atoms with Gasteiger partial charge in [-0.25, -0.2) is 4.98 Å². The summed E-state index contributed by atoms with van der Waals surface area (Å²) in [7, 11) is 0. The monoisotopic (exact) mass is 292 g/mol. The van der Waals surface area contributed by atoms with Crippen LogP contribution in [-0.2, 0) is 0 Å². The Morgan fingerprint density at radius 1 is 1.24 bits per heavy atom. The zero-order valence-electron chi connectivity index (χ0n) is 9.72. The lowest BCUT2D eigenvalue weighted by Gasteiger charge is -2.32. The summed E-state index contributed by atoms with van der Waals surface area (Å²) in [6.07, 6.45) is 3.62. The molecule has 0 atom stereocenters. The number of hydrogen-bond acceptors (Lipinski definition) is 2. The number of rotatable bonds is 2. The predicted molar refractivity (Wildman–Crippen MR) is 74.5 cm³/mol. The Morgan fingerprint density at radius 2 is 1.88 bits per heavy atom. The van der Waals surface area contributed by atoms with Crippen molar-refractivity contribution in [2.24, 2.45) is 5.92 Å². The lowest BCUT2D eigenvalue weighted by atomic mass is 9.94. The Morgan fingerprint density at radius 3 is 2.47 bits per heavy atom. The molecule has 0 saturated carbocycles. The fourth-order valence-corrected chi connectivity index (χ4v) is 2.82. The van der Waals surface area contributed by atoms with Gasteiger partial charge in [0.25, 0.3) is 0 Å². The lowest BCUT2D eigenvalue weighted by molar-refractivity contribution is 0.394. The molecule has 0 unspecified atom stereocenters. The van der Waals surface area contributed by atoms with Crippen molar-refractivity contribution in [3.8, 4) is 0 Å². The van der Waals surface area contributed by atoms with E-state index in [1.54, 1.807) is 6.07 Å². The summed E-state index contributed by atoms with van der Waals surface area (Å²) in [5, 5.41) is 1.31. The summed E-state index contributed by atoms with van der Waals surface area (Å²) >= 11 is 18.0. The highest BCUT2D eigenvalue weighted by molar-refractivity contribution is 6.42. The van der Waals surface area contributed by atoms with Crippen LogP contribution in [0.15, 0.2) is 6.07 Å². The van der Waals surface area contributed by atoms with Crippen molar-refractivity contribution in [2.75, 3.05) is 18.0 Å². The minimum atomic E-state index is 0.323. The van der Waals surface area contributed by atoms with Gasteiger partial charge in [0.2, 0.25) is 0 Å². The van der Waals surface area contributed by atoms with Crippen molar-refractivity contribution in [2.45, 2.75) is 26.2 Å². The standard InChI is InChI=1S/C12H15Cl3N2/c1-2-8-3-5-17(6-4-8)12-10(14)7-9(13)11(15)16-12/h7-8H,2-6H2,1H3. The first-order valence-electron chi connectivity index (χ1n) is 5.88. The normalized spacial score (nSPS) is 17.5. The van der Waals surface area contributed by atoms with Gasteiger partial charge in [-0.2, -0.15) is 0 Å². The molecule has 2 heterocycles. The van der Waals surface area contributed by atoms with Crippen molar-refractivity contribution in [3.05, 3.63) is 21.3 Å². The van der Waals surface area contributed by atoms with E-state index in [0.29, 0.717) is 15.2 Å². The molecule has 0 spiro atoms. The van der Waals surface area contributed by atoms with Crippen LogP contribution < -0.4 is 4.90 Å². The van der Waals surface area contributed by atoms with Crippen molar-refractivity contribution in [3.63, 3.8) is 0 Å². The van der Waals surface area contributed by atoms with Crippen LogP contribution >= 0.6 is 34.8 Å². The first kappa shape index (κ1) is 13.3. The maximum Gasteiger partial charge on any atom is 0.150 e. The first-order valence-corrected chi connectivity index (χ1v) is 7.01. The minimum Gasteiger partial charge on any atom is -0.355 e. The van der Waals surface area contributed by atoms with Gasteiger partial charge in [-0.3, -0.25) is 0 Å². The molecular formula is C12H15Cl3N2. The molecular weight excluding hydrogens is 279 g/mol. The van der Waals surface area contributed by atoms with Crippen LogP contribution in [0.25, 0.3) is 0 Å². The average molecular weight is 294 g/mol. The number of hydrogen-bond donors (Lipinski definition) is 0. The Bertz CT molecular complexity index is 401. The van der Waals surface area contributed by atoms with Crippen LogP contribution in [0.3, 0.4) is 0 Å². The molecule has 94 valence electrons. The van der Waals surface area contributed by atoms with Gasteiger partial charge in [0.05, 0.1) is 10.0 Å². The summed E-state index contributed by atoms with van der Waals surface area (Å²) in [6.45, 7) is 4.22. The second-order valence-corrected chi connectivity index (χ2v) is 5.58. The van der Waals surface area contributed by atoms with Gasteiger partial charge in [0.1, 0.15) is 11.0 Å². The van der Waals surface area contributed by atoms with Gasteiger partial charge in [-0.15, -0.1) is 0 Å². The molecule has 0 aliphatic carbocycles. The molecule has 2 rings (SSSR count). The highest BCUT2D eigenvalue weighted by Crippen LogP contribution is 2.33. The van der Waals surface area contributed by atoms with E-state index < -0.39 is 0 Å². The summed E-state index contributed by atoms with van der Waals surface area (Å²) < 4.78 is 0. The Balaban J connectivity index is 2.16. The molecule has 1 aliphatic rings. The van der Waals surface area contributed by atoms with Crippen molar-refractivity contribution < 1.29 is 0 Å². The highest BCUT2D eigenvalue weighted by Gasteiger charge is 2.21. The van der Waals surface area contributed by atoms with Gasteiger partial charge in [-0.05, 0) is 24.8 Å². The molecule has 1 aliphatic heterocycles. The molecule has 0 N–H and O–H groups in total. The zero-order valence-corrected chi connectivity index (χ0v) is 12.0. The average Bonchev–Trinajstić information content (AvgIpc) is 2.34. The lowest BCUT2D eigenvalue weighted by Crippen LogP contribution is -2.34. The van der Waals surface area contributed by atoms with Crippen LogP contribution in [0.4, 0.5) is 5.82 Å². The number of aromatic nitrogens is 1. The molecule has 0 aromatic carbocycles. The number of piperidine rings is 1. The smallest absolute Gasteiger partial charge is 0.150 e. The van der Waals surface area contributed by atoms with E-state index in [4.69, 9.17) is 34.8 Å². The van der Waals surface area contributed by atoms with E-state index in [1.807, 2.05) is 0 Å². The molecule has 0 radical (unpaired) electrons. The summed E-state index contributed by atoms with van der Waals surface area (Å²) in [6, 6.07) is 1.67. The highest BCUT2D eigenvalue weighted by atomic mass is 35.5. The third kappa shape index (κ3) is 2.98. The second kappa shape index (κ2) is 5.64. The molecule has 1 fully saturated rings. The third-order valence-electron chi connectivity index (χ3n) is 3.36. The van der Waals surface area contributed by atoms with Gasteiger partial charge in [0.15, 0.2) is 0 Å². The maximum absolute atomic E-state index is 6.16. The second-order valence-electron chi connectivity index (χ2n) is 4.41. The van der Waals surface area contributed by atoms with Crippen LogP contribution in [0.2, 0.25) is 15.2 Å². The zero-order chi connectivity index (χ0) is 12.4. The molecule has 5 heteroatoms. The van der Waals surface area contributed by atoms with Gasteiger partial charge in [-0.1, -0.05) is 48.1 Å². The first-order chi connectivity index (χ1) is 8.11. The molecule has 1 saturated heterocycles. The predicted octanol–water partition coefficient (Wildman–Crippen LogP) is 4.67. The molecule has 17 heavy (non-hydrogen) atoms. The SMILES string of the molecule is CCC1CCN(c2nc(Cl)c(Cl)cc2Cl)CC1. The van der Waals surface area contributed by atoms with E-state index in [2.05, 4.69) is 16.8 Å². The van der Waals surface area contributed by atoms with E-state index >= 15 is 0 Å². The Kier molecular flexibility index (Phi) is 4.40. The minimum absolute atomic E-state index is 0.323. The number of pyridine rings is 1. The largest absolute Gasteiger partial charge is 0.355 e. The quantitative estimate of drug-likeness (QED) is 0.737. The molecule has 0 amide bonds. The fraction of sp³-hybridized carbons (Fsp3) is 0.583. The molecule has 1 aromatic rings. The van der Waals surface area contributed by atoms with Crippen LogP contribution in [-0.4, -0.2) is 18.1 Å². The Hall–Kier alpha value is -0.180. The van der Waals surface area contributed by atoms with E-state index in [0.717, 1.165) is 24.8 Å². The van der Waals surface area contributed by atoms with Crippen LogP contribution in [0.5, 0.6) is 0 Å². The summed E-state index contributed by atoms with van der Waals surface area (Å²) in [4.78, 5) is 6.47. The van der Waals surface area contributed by atoms with Crippen molar-refractivity contribution >= 4 is 40.6 Å². The van der Waals surface area contributed by atoms with E-state index in [1.165, 1.54) is 19.3 Å². The molecule has 2 nitrogen and oxygen atoms in total. The van der Waals surface area contributed by atoms with Gasteiger partial charge in [0, 0.05) is 13.1 Å². The fourth-order valence-electron chi connectivity index (χ4n) is 2.21. The van der Waals surface area contributed by atoms with Gasteiger partial charge < -0.3 is 4.90 Å². The molecule has 0 bridgehead atoms. The maximum atomic E-state index is 6.16. The van der Waals surface area contributed by atoms with Crippen LogP contribution in [0, 0.1) is 5.92 Å². The van der Waals surface area contributed by atoms with Gasteiger partial charge >= 0.3 is 0 Å². The third-order valence-corrected chi connectivity index (χ3v) is 4.31. The van der Waals surface area contributed by atoms with Crippen LogP contribution in [0.1, 0.15) is 26.2 Å². The number of anilines is 1. The number of nitrogens with zero attached hydrogens (tertiary/aromatic N) is 2. The molecule has 1 aromatic heterocycles. The number of halogens is 3. The summed E-state index contributed by atoms with van der Waals surface area (Å²) in [5.74, 6) is 1.59. The summed E-state index contributed by atoms with van der Waals surface area (Å²) in [5.41, 5.74) is 0. The van der Waals surface area contributed by atoms with E-state index in [-0.39, 0.29) is 0 Å². The van der Waals surface area contributed by atoms with Crippen molar-refractivity contribution in [1.29, 1.82) is 0 Å².